The Morgan fingerprint density at radius 2 is 0.756 bits per heavy atom. The number of hydrogen-bond acceptors (Lipinski definition) is 14. The van der Waals surface area contributed by atoms with Gasteiger partial charge in [-0.05, 0) is 141 Å². The second-order valence-electron chi connectivity index (χ2n) is 20.1. The van der Waals surface area contributed by atoms with Crippen molar-refractivity contribution in [3.8, 4) is 34.5 Å². The minimum atomic E-state index is -0.466. The van der Waals surface area contributed by atoms with Gasteiger partial charge in [0.1, 0.15) is 34.5 Å². The standard InChI is InChI=1S/C18H18N2O2.C18H17NO3.C17H16N2O2.C17H15NO3/c1-13(2)18(21)19-15-8-9-17-14(10-15)11-20(12-22-17)16-6-4-3-5-7-16;1-13(2)18(20)22-16-8-9-17-14(10-16)11-19(12-21-17)15-6-4-3-5-7-15;1-2-17(20)18-14-8-9-16-13(10-14)11-19(12-21-16)15-6-4-3-5-7-15;1-2-17(19)21-15-8-9-16-13(10-15)11-18(12-20-16)14-6-4-3-5-7-14/h3-10H,1,11-12H2,2H3,(H,19,21);3-10H,1,11-12H2,2H3;2-10H,1,11-12H2,(H,18,20);2-10H,1,11-12H2. The molecular weight excluding hydrogens is 1080 g/mol. The second-order valence-corrected chi connectivity index (χ2v) is 20.1. The van der Waals surface area contributed by atoms with Gasteiger partial charge in [-0.3, -0.25) is 9.59 Å². The molecule has 8 aromatic rings. The maximum absolute atomic E-state index is 11.7. The molecule has 436 valence electrons. The van der Waals surface area contributed by atoms with E-state index in [1.165, 1.54) is 6.08 Å². The van der Waals surface area contributed by atoms with Crippen molar-refractivity contribution in [1.29, 1.82) is 0 Å². The van der Waals surface area contributed by atoms with Gasteiger partial charge in [0, 0.05) is 99.8 Å². The summed E-state index contributed by atoms with van der Waals surface area (Å²) in [7, 11) is 0. The van der Waals surface area contributed by atoms with Gasteiger partial charge in [-0.2, -0.15) is 0 Å². The third kappa shape index (κ3) is 16.2. The molecule has 12 rings (SSSR count). The van der Waals surface area contributed by atoms with Crippen LogP contribution < -0.4 is 58.7 Å². The first-order valence-electron chi connectivity index (χ1n) is 27.6. The van der Waals surface area contributed by atoms with E-state index in [1.54, 1.807) is 26.0 Å². The summed E-state index contributed by atoms with van der Waals surface area (Å²) in [5, 5.41) is 5.60. The SMILES string of the molecule is C=C(C)C(=O)Nc1ccc2c(c1)CN(c1ccccc1)CO2.C=C(C)C(=O)Oc1ccc2c(c1)CN(c1ccccc1)CO2.C=CC(=O)Nc1ccc2c(c1)CN(c1ccccc1)CO2.C=CC(=O)Oc1ccc2c(c1)CN(c1ccccc1)CO2. The molecule has 0 fully saturated rings. The molecule has 0 spiro atoms. The van der Waals surface area contributed by atoms with Crippen LogP contribution in [0.15, 0.2) is 244 Å². The van der Waals surface area contributed by atoms with Crippen LogP contribution in [0.5, 0.6) is 34.5 Å². The molecule has 2 N–H and O–H groups in total. The van der Waals surface area contributed by atoms with E-state index in [2.05, 4.69) is 80.8 Å². The summed E-state index contributed by atoms with van der Waals surface area (Å²) in [5.74, 6) is 3.09. The van der Waals surface area contributed by atoms with Crippen molar-refractivity contribution in [3.05, 3.63) is 266 Å². The number of rotatable bonds is 12. The van der Waals surface area contributed by atoms with Gasteiger partial charge in [-0.1, -0.05) is 99.1 Å². The lowest BCUT2D eigenvalue weighted by molar-refractivity contribution is -0.130. The summed E-state index contributed by atoms with van der Waals surface area (Å²) < 4.78 is 33.5. The molecule has 0 bridgehead atoms. The fourth-order valence-corrected chi connectivity index (χ4v) is 9.21. The first kappa shape index (κ1) is 59.6. The summed E-state index contributed by atoms with van der Waals surface area (Å²) >= 11 is 0. The predicted molar refractivity (Wildman–Crippen MR) is 337 cm³/mol. The largest absolute Gasteiger partial charge is 0.473 e. The zero-order chi connectivity index (χ0) is 60.4. The van der Waals surface area contributed by atoms with Crippen molar-refractivity contribution >= 4 is 57.9 Å². The molecule has 4 aliphatic heterocycles. The lowest BCUT2D eigenvalue weighted by Crippen LogP contribution is -2.31. The van der Waals surface area contributed by atoms with Gasteiger partial charge in [0.2, 0.25) is 5.91 Å². The van der Waals surface area contributed by atoms with Crippen molar-refractivity contribution in [2.45, 2.75) is 40.0 Å². The lowest BCUT2D eigenvalue weighted by Gasteiger charge is -2.31. The summed E-state index contributed by atoms with van der Waals surface area (Å²) in [4.78, 5) is 54.5. The highest BCUT2D eigenvalue weighted by molar-refractivity contribution is 6.03. The average Bonchev–Trinajstić information content (AvgIpc) is 2.69. The topological polar surface area (TPSA) is 161 Å². The van der Waals surface area contributed by atoms with Gasteiger partial charge in [-0.25, -0.2) is 9.59 Å². The average molecular weight is 1150 g/mol. The number of hydrogen-bond donors (Lipinski definition) is 2. The number of carbonyl (C=O) groups is 4. The highest BCUT2D eigenvalue weighted by Crippen LogP contribution is 2.35. The van der Waals surface area contributed by atoms with Crippen molar-refractivity contribution in [2.24, 2.45) is 0 Å². The number of carbonyl (C=O) groups excluding carboxylic acids is 4. The van der Waals surface area contributed by atoms with Gasteiger partial charge in [0.15, 0.2) is 26.9 Å². The van der Waals surface area contributed by atoms with E-state index in [-0.39, 0.29) is 11.8 Å². The molecule has 0 saturated carbocycles. The molecule has 0 aromatic heterocycles. The van der Waals surface area contributed by atoms with Gasteiger partial charge in [-0.15, -0.1) is 0 Å². The zero-order valence-electron chi connectivity index (χ0n) is 48.0. The number of nitrogens with zero attached hydrogens (tertiary/aromatic N) is 4. The zero-order valence-corrected chi connectivity index (χ0v) is 48.0. The third-order valence-electron chi connectivity index (χ3n) is 13.7. The van der Waals surface area contributed by atoms with Gasteiger partial charge >= 0.3 is 11.9 Å². The van der Waals surface area contributed by atoms with Crippen molar-refractivity contribution < 1.29 is 47.6 Å². The van der Waals surface area contributed by atoms with Crippen molar-refractivity contribution in [2.75, 3.05) is 57.2 Å². The number of para-hydroxylation sites is 4. The normalized spacial score (nSPS) is 13.0. The number of esters is 2. The van der Waals surface area contributed by atoms with Crippen LogP contribution in [0.3, 0.4) is 0 Å². The Kier molecular flexibility index (Phi) is 20.0. The van der Waals surface area contributed by atoms with E-state index in [0.717, 1.165) is 98.5 Å². The monoisotopic (exact) mass is 1150 g/mol. The van der Waals surface area contributed by atoms with Crippen LogP contribution in [0.4, 0.5) is 34.1 Å². The molecule has 0 saturated heterocycles. The summed E-state index contributed by atoms with van der Waals surface area (Å²) in [6.07, 6.45) is 2.40. The van der Waals surface area contributed by atoms with Crippen LogP contribution in [0.1, 0.15) is 36.1 Å². The molecule has 16 nitrogen and oxygen atoms in total. The molecule has 8 aromatic carbocycles. The Hall–Kier alpha value is -11.0. The number of fused-ring (bicyclic) bond motifs is 4. The van der Waals surface area contributed by atoms with Crippen LogP contribution >= 0.6 is 0 Å². The molecule has 2 amide bonds. The molecule has 16 heteroatoms. The Balaban J connectivity index is 0.000000137. The highest BCUT2D eigenvalue weighted by Gasteiger charge is 2.23. The molecule has 0 aliphatic carbocycles. The molecule has 86 heavy (non-hydrogen) atoms. The van der Waals surface area contributed by atoms with Crippen LogP contribution in [0, 0.1) is 0 Å². The van der Waals surface area contributed by atoms with E-state index in [4.69, 9.17) is 28.4 Å². The Morgan fingerprint density at radius 1 is 0.419 bits per heavy atom. The minimum Gasteiger partial charge on any atom is -0.473 e. The van der Waals surface area contributed by atoms with E-state index in [1.807, 2.05) is 158 Å². The molecule has 0 atom stereocenters. The molecule has 0 radical (unpaired) electrons. The van der Waals surface area contributed by atoms with Crippen molar-refractivity contribution in [1.82, 2.24) is 0 Å². The fourth-order valence-electron chi connectivity index (χ4n) is 9.21. The smallest absolute Gasteiger partial charge is 0.338 e. The van der Waals surface area contributed by atoms with Crippen LogP contribution in [0.25, 0.3) is 0 Å². The third-order valence-corrected chi connectivity index (χ3v) is 13.7. The predicted octanol–water partition coefficient (Wildman–Crippen LogP) is 13.4. The first-order chi connectivity index (χ1) is 41.8. The van der Waals surface area contributed by atoms with Crippen LogP contribution in [0.2, 0.25) is 0 Å². The molecule has 0 unspecified atom stereocenters. The van der Waals surface area contributed by atoms with E-state index >= 15 is 0 Å². The van der Waals surface area contributed by atoms with Gasteiger partial charge in [0.25, 0.3) is 5.91 Å². The molecule has 4 heterocycles. The Labute approximate surface area is 501 Å². The van der Waals surface area contributed by atoms with Crippen LogP contribution in [-0.4, -0.2) is 50.7 Å². The minimum absolute atomic E-state index is 0.170. The van der Waals surface area contributed by atoms with E-state index in [9.17, 15) is 19.2 Å². The number of anilines is 6. The van der Waals surface area contributed by atoms with Crippen molar-refractivity contribution in [3.63, 3.8) is 0 Å². The highest BCUT2D eigenvalue weighted by atomic mass is 16.5. The maximum atomic E-state index is 11.7. The lowest BCUT2D eigenvalue weighted by atomic mass is 10.1. The van der Waals surface area contributed by atoms with Crippen LogP contribution in [-0.2, 0) is 45.4 Å². The second kappa shape index (κ2) is 28.8. The fraction of sp³-hybridized carbons (Fsp3) is 0.143. The maximum Gasteiger partial charge on any atom is 0.338 e. The molecular formula is C70H66N6O10. The van der Waals surface area contributed by atoms with Gasteiger partial charge in [0.05, 0.1) is 0 Å². The number of benzene rings is 8. The Bertz CT molecular complexity index is 3490. The first-order valence-corrected chi connectivity index (χ1v) is 27.6. The summed E-state index contributed by atoms with van der Waals surface area (Å²) in [5.41, 5.74) is 10.9. The van der Waals surface area contributed by atoms with E-state index < -0.39 is 11.9 Å². The molecule has 4 aliphatic rings. The summed E-state index contributed by atoms with van der Waals surface area (Å²) in [6, 6.07) is 62.4. The quantitative estimate of drug-likeness (QED) is 0.0675. The summed E-state index contributed by atoms with van der Waals surface area (Å²) in [6.45, 7) is 22.3. The number of nitrogens with one attached hydrogen (secondary N) is 2. The number of ether oxygens (including phenoxy) is 6. The Morgan fingerprint density at radius 3 is 1.09 bits per heavy atom. The van der Waals surface area contributed by atoms with Gasteiger partial charge < -0.3 is 58.7 Å². The number of amides is 2. The van der Waals surface area contributed by atoms with E-state index in [0.29, 0.717) is 62.7 Å².